The SMILES string of the molecule is CCOCC(C)OC(=O)[C@@H](N)c1ccccc1. The molecule has 1 aromatic rings. The Morgan fingerprint density at radius 1 is 1.35 bits per heavy atom. The second-order valence-corrected chi connectivity index (χ2v) is 3.80. The minimum absolute atomic E-state index is 0.280. The molecule has 0 bridgehead atoms. The van der Waals surface area contributed by atoms with Crippen molar-refractivity contribution >= 4 is 5.97 Å². The highest BCUT2D eigenvalue weighted by molar-refractivity contribution is 5.77. The van der Waals surface area contributed by atoms with Crippen molar-refractivity contribution in [3.05, 3.63) is 35.9 Å². The second-order valence-electron chi connectivity index (χ2n) is 3.80. The van der Waals surface area contributed by atoms with E-state index in [1.54, 1.807) is 19.1 Å². The highest BCUT2D eigenvalue weighted by atomic mass is 16.6. The summed E-state index contributed by atoms with van der Waals surface area (Å²) in [6.07, 6.45) is -0.280. The van der Waals surface area contributed by atoms with E-state index in [-0.39, 0.29) is 6.10 Å². The molecule has 0 aliphatic carbocycles. The minimum atomic E-state index is -0.736. The maximum atomic E-state index is 11.7. The fourth-order valence-electron chi connectivity index (χ4n) is 1.39. The molecule has 1 unspecified atom stereocenters. The zero-order valence-electron chi connectivity index (χ0n) is 10.3. The van der Waals surface area contributed by atoms with Crippen molar-refractivity contribution in [2.75, 3.05) is 13.2 Å². The van der Waals surface area contributed by atoms with Gasteiger partial charge in [-0.05, 0) is 19.4 Å². The number of benzene rings is 1. The van der Waals surface area contributed by atoms with Gasteiger partial charge in [-0.1, -0.05) is 30.3 Å². The van der Waals surface area contributed by atoms with Gasteiger partial charge in [-0.15, -0.1) is 0 Å². The lowest BCUT2D eigenvalue weighted by Gasteiger charge is -2.16. The molecule has 0 fully saturated rings. The first-order chi connectivity index (χ1) is 8.15. The van der Waals surface area contributed by atoms with Crippen LogP contribution in [-0.2, 0) is 14.3 Å². The van der Waals surface area contributed by atoms with Crippen LogP contribution in [-0.4, -0.2) is 25.3 Å². The fraction of sp³-hybridized carbons (Fsp3) is 0.462. The number of nitrogens with two attached hydrogens (primary N) is 1. The monoisotopic (exact) mass is 237 g/mol. The number of carbonyl (C=O) groups is 1. The van der Waals surface area contributed by atoms with Crippen LogP contribution < -0.4 is 5.73 Å². The average Bonchev–Trinajstić information content (AvgIpc) is 2.36. The summed E-state index contributed by atoms with van der Waals surface area (Å²) in [4.78, 5) is 11.7. The molecule has 0 aliphatic rings. The van der Waals surface area contributed by atoms with Gasteiger partial charge in [-0.25, -0.2) is 4.79 Å². The van der Waals surface area contributed by atoms with Crippen LogP contribution in [0.3, 0.4) is 0 Å². The van der Waals surface area contributed by atoms with Gasteiger partial charge in [0.1, 0.15) is 12.1 Å². The molecule has 0 aromatic heterocycles. The summed E-state index contributed by atoms with van der Waals surface area (Å²) in [6, 6.07) is 8.43. The molecule has 0 amide bonds. The first-order valence-corrected chi connectivity index (χ1v) is 5.74. The van der Waals surface area contributed by atoms with Gasteiger partial charge >= 0.3 is 5.97 Å². The van der Waals surface area contributed by atoms with Crippen LogP contribution >= 0.6 is 0 Å². The number of esters is 1. The van der Waals surface area contributed by atoms with Crippen molar-refractivity contribution < 1.29 is 14.3 Å². The summed E-state index contributed by atoms with van der Waals surface area (Å²) in [5, 5.41) is 0. The average molecular weight is 237 g/mol. The molecule has 1 aromatic carbocycles. The Morgan fingerprint density at radius 3 is 2.59 bits per heavy atom. The highest BCUT2D eigenvalue weighted by Gasteiger charge is 2.19. The van der Waals surface area contributed by atoms with Gasteiger partial charge in [-0.2, -0.15) is 0 Å². The molecular weight excluding hydrogens is 218 g/mol. The lowest BCUT2D eigenvalue weighted by atomic mass is 10.1. The van der Waals surface area contributed by atoms with Crippen molar-refractivity contribution in [2.45, 2.75) is 26.0 Å². The Balaban J connectivity index is 2.47. The van der Waals surface area contributed by atoms with E-state index in [9.17, 15) is 4.79 Å². The van der Waals surface area contributed by atoms with E-state index in [2.05, 4.69) is 0 Å². The lowest BCUT2D eigenvalue weighted by Crippen LogP contribution is -2.29. The zero-order valence-corrected chi connectivity index (χ0v) is 10.3. The van der Waals surface area contributed by atoms with Crippen LogP contribution in [0.15, 0.2) is 30.3 Å². The third kappa shape index (κ3) is 4.54. The number of ether oxygens (including phenoxy) is 2. The molecular formula is C13H19NO3. The number of carbonyl (C=O) groups excluding carboxylic acids is 1. The quantitative estimate of drug-likeness (QED) is 0.764. The minimum Gasteiger partial charge on any atom is -0.459 e. The Kier molecular flexibility index (Phi) is 5.66. The summed E-state index contributed by atoms with van der Waals surface area (Å²) >= 11 is 0. The zero-order chi connectivity index (χ0) is 12.7. The van der Waals surface area contributed by atoms with Crippen molar-refractivity contribution in [3.8, 4) is 0 Å². The second kappa shape index (κ2) is 7.04. The molecule has 0 aliphatic heterocycles. The summed E-state index contributed by atoms with van der Waals surface area (Å²) in [5.74, 6) is -0.427. The molecule has 17 heavy (non-hydrogen) atoms. The van der Waals surface area contributed by atoms with Gasteiger partial charge in [0.25, 0.3) is 0 Å². The van der Waals surface area contributed by atoms with Crippen molar-refractivity contribution in [1.29, 1.82) is 0 Å². The van der Waals surface area contributed by atoms with Crippen LogP contribution in [0.1, 0.15) is 25.5 Å². The molecule has 0 saturated heterocycles. The maximum Gasteiger partial charge on any atom is 0.327 e. The summed E-state index contributed by atoms with van der Waals surface area (Å²) < 4.78 is 10.3. The fourth-order valence-corrected chi connectivity index (χ4v) is 1.39. The predicted molar refractivity (Wildman–Crippen MR) is 65.4 cm³/mol. The summed E-state index contributed by atoms with van der Waals surface area (Å²) in [7, 11) is 0. The van der Waals surface area contributed by atoms with E-state index in [1.165, 1.54) is 0 Å². The number of rotatable bonds is 6. The molecule has 2 atom stereocenters. The topological polar surface area (TPSA) is 61.5 Å². The first kappa shape index (κ1) is 13.7. The third-order valence-electron chi connectivity index (χ3n) is 2.29. The van der Waals surface area contributed by atoms with Crippen molar-refractivity contribution in [1.82, 2.24) is 0 Å². The van der Waals surface area contributed by atoms with Gasteiger partial charge in [-0.3, -0.25) is 0 Å². The molecule has 2 N–H and O–H groups in total. The largest absolute Gasteiger partial charge is 0.459 e. The predicted octanol–water partition coefficient (Wildman–Crippen LogP) is 1.65. The molecule has 1 rings (SSSR count). The van der Waals surface area contributed by atoms with Gasteiger partial charge in [0.15, 0.2) is 0 Å². The van der Waals surface area contributed by atoms with Crippen LogP contribution in [0.25, 0.3) is 0 Å². The number of hydrogen-bond donors (Lipinski definition) is 1. The Labute approximate surface area is 102 Å². The Bertz CT molecular complexity index is 340. The summed E-state index contributed by atoms with van der Waals surface area (Å²) in [5.41, 5.74) is 6.55. The standard InChI is InChI=1S/C13H19NO3/c1-3-16-9-10(2)17-13(15)12(14)11-7-5-4-6-8-11/h4-8,10,12H,3,9,14H2,1-2H3/t10?,12-/m0/s1. The molecule has 94 valence electrons. The van der Waals surface area contributed by atoms with E-state index in [4.69, 9.17) is 15.2 Å². The van der Waals surface area contributed by atoms with Gasteiger partial charge < -0.3 is 15.2 Å². The Hall–Kier alpha value is -1.39. The number of hydrogen-bond acceptors (Lipinski definition) is 4. The molecule has 4 heteroatoms. The van der Waals surface area contributed by atoms with Crippen LogP contribution in [0.4, 0.5) is 0 Å². The van der Waals surface area contributed by atoms with Gasteiger partial charge in [0.05, 0.1) is 6.61 Å². The van der Waals surface area contributed by atoms with E-state index in [0.29, 0.717) is 13.2 Å². The van der Waals surface area contributed by atoms with Crippen molar-refractivity contribution in [2.24, 2.45) is 5.73 Å². The van der Waals surface area contributed by atoms with E-state index in [0.717, 1.165) is 5.56 Å². The van der Waals surface area contributed by atoms with Crippen LogP contribution in [0.5, 0.6) is 0 Å². The first-order valence-electron chi connectivity index (χ1n) is 5.74. The van der Waals surface area contributed by atoms with Crippen molar-refractivity contribution in [3.63, 3.8) is 0 Å². The normalized spacial score (nSPS) is 14.1. The molecule has 4 nitrogen and oxygen atoms in total. The Morgan fingerprint density at radius 2 is 2.00 bits per heavy atom. The van der Waals surface area contributed by atoms with Crippen LogP contribution in [0, 0.1) is 0 Å². The van der Waals surface area contributed by atoms with Gasteiger partial charge in [0.2, 0.25) is 0 Å². The summed E-state index contributed by atoms with van der Waals surface area (Å²) in [6.45, 7) is 4.67. The van der Waals surface area contributed by atoms with E-state index in [1.807, 2.05) is 25.1 Å². The smallest absolute Gasteiger partial charge is 0.327 e. The molecule has 0 radical (unpaired) electrons. The lowest BCUT2D eigenvalue weighted by molar-refractivity contribution is -0.152. The molecule has 0 spiro atoms. The highest BCUT2D eigenvalue weighted by Crippen LogP contribution is 2.12. The van der Waals surface area contributed by atoms with E-state index >= 15 is 0 Å². The molecule has 0 saturated carbocycles. The van der Waals surface area contributed by atoms with Gasteiger partial charge in [0, 0.05) is 6.61 Å². The van der Waals surface area contributed by atoms with E-state index < -0.39 is 12.0 Å². The third-order valence-corrected chi connectivity index (χ3v) is 2.29. The van der Waals surface area contributed by atoms with Crippen LogP contribution in [0.2, 0.25) is 0 Å². The molecule has 0 heterocycles. The maximum absolute atomic E-state index is 11.7.